The number of hydrogen-bond acceptors (Lipinski definition) is 2. The minimum Gasteiger partial charge on any atom is -0.377 e. The molecule has 1 saturated heterocycles. The minimum absolute atomic E-state index is 0.469. The summed E-state index contributed by atoms with van der Waals surface area (Å²) in [6, 6.07) is 8.87. The Balaban J connectivity index is 1.74. The molecule has 0 aromatic heterocycles. The van der Waals surface area contributed by atoms with E-state index in [0.717, 1.165) is 31.6 Å². The predicted octanol–water partition coefficient (Wildman–Crippen LogP) is 3.37. The molecule has 1 heterocycles. The van der Waals surface area contributed by atoms with Crippen LogP contribution in [-0.4, -0.2) is 36.0 Å². The quantitative estimate of drug-likeness (QED) is 0.773. The molecule has 1 aromatic carbocycles. The topological polar surface area (TPSA) is 12.5 Å². The van der Waals surface area contributed by atoms with E-state index in [9.17, 15) is 0 Å². The van der Waals surface area contributed by atoms with Crippen LogP contribution in [0.2, 0.25) is 0 Å². The van der Waals surface area contributed by atoms with Crippen molar-refractivity contribution < 1.29 is 4.74 Å². The molecule has 0 amide bonds. The van der Waals surface area contributed by atoms with Gasteiger partial charge in [0.15, 0.2) is 0 Å². The summed E-state index contributed by atoms with van der Waals surface area (Å²) >= 11 is 3.40. The zero-order valence-electron chi connectivity index (χ0n) is 11.1. The number of likely N-dealkylation sites (tertiary alicyclic amines) is 1. The zero-order chi connectivity index (χ0) is 12.8. The molecule has 0 radical (unpaired) electrons. The van der Waals surface area contributed by atoms with Crippen LogP contribution in [0.1, 0.15) is 24.0 Å². The average molecular weight is 312 g/mol. The Labute approximate surface area is 118 Å². The number of rotatable bonds is 5. The third-order valence-electron chi connectivity index (χ3n) is 3.49. The minimum atomic E-state index is 0.469. The first-order chi connectivity index (χ1) is 8.78. The van der Waals surface area contributed by atoms with Crippen molar-refractivity contribution in [3.05, 3.63) is 35.4 Å². The Morgan fingerprint density at radius 2 is 1.89 bits per heavy atom. The highest BCUT2D eigenvalue weighted by molar-refractivity contribution is 9.09. The van der Waals surface area contributed by atoms with Crippen molar-refractivity contribution in [2.75, 3.05) is 25.0 Å². The second-order valence-corrected chi connectivity index (χ2v) is 5.81. The molecular weight excluding hydrogens is 290 g/mol. The van der Waals surface area contributed by atoms with Gasteiger partial charge < -0.3 is 4.74 Å². The van der Waals surface area contributed by atoms with Gasteiger partial charge in [-0.2, -0.15) is 0 Å². The van der Waals surface area contributed by atoms with Crippen molar-refractivity contribution in [2.24, 2.45) is 0 Å². The van der Waals surface area contributed by atoms with E-state index in [1.54, 1.807) is 0 Å². The van der Waals surface area contributed by atoms with Gasteiger partial charge in [0.25, 0.3) is 0 Å². The fraction of sp³-hybridized carbons (Fsp3) is 0.600. The molecule has 3 heteroatoms. The Morgan fingerprint density at radius 1 is 1.22 bits per heavy atom. The van der Waals surface area contributed by atoms with Crippen molar-refractivity contribution >= 4 is 15.9 Å². The molecule has 0 N–H and O–H groups in total. The molecule has 18 heavy (non-hydrogen) atoms. The van der Waals surface area contributed by atoms with Crippen LogP contribution in [-0.2, 0) is 11.3 Å². The third kappa shape index (κ3) is 4.38. The summed E-state index contributed by atoms with van der Waals surface area (Å²) in [5.74, 6) is 0. The number of benzene rings is 1. The Bertz CT molecular complexity index is 344. The molecule has 1 aliphatic rings. The number of ether oxygens (including phenoxy) is 1. The van der Waals surface area contributed by atoms with Gasteiger partial charge >= 0.3 is 0 Å². The predicted molar refractivity (Wildman–Crippen MR) is 79.2 cm³/mol. The molecule has 0 spiro atoms. The second-order valence-electron chi connectivity index (χ2n) is 5.02. The van der Waals surface area contributed by atoms with Crippen molar-refractivity contribution in [3.63, 3.8) is 0 Å². The van der Waals surface area contributed by atoms with Gasteiger partial charge in [0.1, 0.15) is 0 Å². The molecule has 2 rings (SSSR count). The van der Waals surface area contributed by atoms with E-state index in [0.29, 0.717) is 6.10 Å². The maximum Gasteiger partial charge on any atom is 0.0599 e. The lowest BCUT2D eigenvalue weighted by Crippen LogP contribution is -2.36. The third-order valence-corrected chi connectivity index (χ3v) is 3.82. The van der Waals surface area contributed by atoms with Crippen LogP contribution in [0.25, 0.3) is 0 Å². The number of halogens is 1. The van der Waals surface area contributed by atoms with E-state index in [2.05, 4.69) is 52.0 Å². The second kappa shape index (κ2) is 7.27. The van der Waals surface area contributed by atoms with Gasteiger partial charge in [-0.15, -0.1) is 0 Å². The molecule has 2 nitrogen and oxygen atoms in total. The smallest absolute Gasteiger partial charge is 0.0599 e. The summed E-state index contributed by atoms with van der Waals surface area (Å²) < 4.78 is 5.77. The Hall–Kier alpha value is -0.380. The van der Waals surface area contributed by atoms with Gasteiger partial charge in [0.2, 0.25) is 0 Å². The maximum absolute atomic E-state index is 5.77. The van der Waals surface area contributed by atoms with Crippen LogP contribution in [0.4, 0.5) is 0 Å². The van der Waals surface area contributed by atoms with E-state index >= 15 is 0 Å². The average Bonchev–Trinajstić information content (AvgIpc) is 2.41. The monoisotopic (exact) mass is 311 g/mol. The van der Waals surface area contributed by atoms with Gasteiger partial charge in [-0.05, 0) is 25.3 Å². The fourth-order valence-electron chi connectivity index (χ4n) is 2.40. The molecule has 0 bridgehead atoms. The summed E-state index contributed by atoms with van der Waals surface area (Å²) in [6.07, 6.45) is 2.80. The van der Waals surface area contributed by atoms with E-state index < -0.39 is 0 Å². The van der Waals surface area contributed by atoms with Gasteiger partial charge in [0.05, 0.1) is 12.7 Å². The lowest BCUT2D eigenvalue weighted by atomic mass is 10.1. The number of alkyl halides is 1. The number of aryl methyl sites for hydroxylation is 1. The zero-order valence-corrected chi connectivity index (χ0v) is 12.7. The largest absolute Gasteiger partial charge is 0.377 e. The summed E-state index contributed by atoms with van der Waals surface area (Å²) in [7, 11) is 0. The van der Waals surface area contributed by atoms with Crippen LogP contribution >= 0.6 is 15.9 Å². The molecule has 1 aliphatic heterocycles. The number of hydrogen-bond donors (Lipinski definition) is 0. The van der Waals surface area contributed by atoms with Gasteiger partial charge in [-0.1, -0.05) is 45.8 Å². The van der Waals surface area contributed by atoms with Crippen LogP contribution in [0.3, 0.4) is 0 Å². The molecule has 1 aromatic rings. The molecule has 0 aliphatic carbocycles. The Kier molecular flexibility index (Phi) is 5.67. The first-order valence-corrected chi connectivity index (χ1v) is 7.85. The standard InChI is InChI=1S/C15H22BrNO/c1-13-2-4-14(5-3-13)12-17-9-6-15(7-10-17)18-11-8-16/h2-5,15H,6-12H2,1H3. The summed E-state index contributed by atoms with van der Waals surface area (Å²) in [6.45, 7) is 6.35. The van der Waals surface area contributed by atoms with Crippen LogP contribution < -0.4 is 0 Å². The first-order valence-electron chi connectivity index (χ1n) is 6.73. The highest BCUT2D eigenvalue weighted by Gasteiger charge is 2.19. The Morgan fingerprint density at radius 3 is 2.50 bits per heavy atom. The van der Waals surface area contributed by atoms with Gasteiger partial charge in [-0.25, -0.2) is 0 Å². The summed E-state index contributed by atoms with van der Waals surface area (Å²) in [5.41, 5.74) is 2.75. The fourth-order valence-corrected chi connectivity index (χ4v) is 2.58. The molecule has 0 unspecified atom stereocenters. The van der Waals surface area contributed by atoms with Crippen LogP contribution in [0.15, 0.2) is 24.3 Å². The van der Waals surface area contributed by atoms with Gasteiger partial charge in [-0.3, -0.25) is 4.90 Å². The molecule has 1 fully saturated rings. The van der Waals surface area contributed by atoms with Crippen molar-refractivity contribution in [1.82, 2.24) is 4.90 Å². The highest BCUT2D eigenvalue weighted by Crippen LogP contribution is 2.16. The number of piperidine rings is 1. The lowest BCUT2D eigenvalue weighted by molar-refractivity contribution is 0.0141. The molecule has 100 valence electrons. The number of nitrogens with zero attached hydrogens (tertiary/aromatic N) is 1. The lowest BCUT2D eigenvalue weighted by Gasteiger charge is -2.31. The maximum atomic E-state index is 5.77. The van der Waals surface area contributed by atoms with E-state index in [1.807, 2.05) is 0 Å². The van der Waals surface area contributed by atoms with E-state index in [1.165, 1.54) is 24.0 Å². The highest BCUT2D eigenvalue weighted by atomic mass is 79.9. The van der Waals surface area contributed by atoms with Crippen LogP contribution in [0, 0.1) is 6.92 Å². The van der Waals surface area contributed by atoms with E-state index in [4.69, 9.17) is 4.74 Å². The van der Waals surface area contributed by atoms with E-state index in [-0.39, 0.29) is 0 Å². The molecule has 0 saturated carbocycles. The van der Waals surface area contributed by atoms with Crippen molar-refractivity contribution in [3.8, 4) is 0 Å². The molecule has 0 atom stereocenters. The van der Waals surface area contributed by atoms with Crippen molar-refractivity contribution in [1.29, 1.82) is 0 Å². The van der Waals surface area contributed by atoms with Gasteiger partial charge in [0, 0.05) is 25.0 Å². The SMILES string of the molecule is Cc1ccc(CN2CCC(OCCBr)CC2)cc1. The van der Waals surface area contributed by atoms with Crippen LogP contribution in [0.5, 0.6) is 0 Å². The van der Waals surface area contributed by atoms with Crippen molar-refractivity contribution in [2.45, 2.75) is 32.4 Å². The summed E-state index contributed by atoms with van der Waals surface area (Å²) in [4.78, 5) is 2.53. The molecular formula is C15H22BrNO. The first kappa shape index (κ1) is 14.0. The normalized spacial score (nSPS) is 18.1. The summed E-state index contributed by atoms with van der Waals surface area (Å²) in [5, 5.41) is 0.941.